The van der Waals surface area contributed by atoms with E-state index in [1.165, 1.54) is 0 Å². The van der Waals surface area contributed by atoms with Gasteiger partial charge in [-0.25, -0.2) is 4.79 Å². The van der Waals surface area contributed by atoms with E-state index in [2.05, 4.69) is 15.4 Å². The third kappa shape index (κ3) is 3.11. The van der Waals surface area contributed by atoms with E-state index < -0.39 is 6.09 Å². The van der Waals surface area contributed by atoms with Crippen LogP contribution in [0, 0.1) is 0 Å². The summed E-state index contributed by atoms with van der Waals surface area (Å²) in [6, 6.07) is 7.40. The first kappa shape index (κ1) is 16.1. The Hall–Kier alpha value is -2.41. The van der Waals surface area contributed by atoms with Crippen LogP contribution in [0.2, 0.25) is 5.02 Å². The second-order valence-corrected chi connectivity index (χ2v) is 6.88. The summed E-state index contributed by atoms with van der Waals surface area (Å²) in [7, 11) is 0. The zero-order chi connectivity index (χ0) is 17.4. The molecule has 1 spiro atoms. The highest BCUT2D eigenvalue weighted by molar-refractivity contribution is 6.31. The van der Waals surface area contributed by atoms with Gasteiger partial charge in [0, 0.05) is 42.6 Å². The molecule has 2 N–H and O–H groups in total. The molecule has 3 heterocycles. The first-order chi connectivity index (χ1) is 12.0. The van der Waals surface area contributed by atoms with E-state index >= 15 is 0 Å². The number of carbonyl (C=O) groups is 1. The lowest BCUT2D eigenvalue weighted by molar-refractivity contribution is 0.0224. The number of amides is 1. The molecule has 1 aromatic carbocycles. The normalized spacial score (nSPS) is 18.5. The van der Waals surface area contributed by atoms with Gasteiger partial charge in [0.2, 0.25) is 5.88 Å². The van der Waals surface area contributed by atoms with Gasteiger partial charge in [-0.1, -0.05) is 22.8 Å². The number of piperidine rings is 1. The number of fused-ring (bicyclic) bond motifs is 1. The lowest BCUT2D eigenvalue weighted by Crippen LogP contribution is -2.50. The molecule has 0 radical (unpaired) electrons. The molecule has 0 unspecified atom stereocenters. The smallest absolute Gasteiger partial charge is 0.411 e. The number of carboxylic acid groups (broad SMARTS) is 1. The van der Waals surface area contributed by atoms with E-state index in [0.717, 1.165) is 55.1 Å². The van der Waals surface area contributed by atoms with E-state index in [1.54, 1.807) is 6.07 Å². The van der Waals surface area contributed by atoms with Crippen LogP contribution >= 0.6 is 11.6 Å². The number of halogens is 1. The van der Waals surface area contributed by atoms with Gasteiger partial charge in [0.05, 0.1) is 0 Å². The Labute approximate surface area is 149 Å². The van der Waals surface area contributed by atoms with Crippen molar-refractivity contribution in [3.05, 3.63) is 34.9 Å². The average molecular weight is 364 g/mol. The lowest BCUT2D eigenvalue weighted by atomic mass is 9.83. The number of nitrogens with zero attached hydrogens (tertiary/aromatic N) is 2. The number of nitrogens with one attached hydrogen (secondary N) is 1. The fourth-order valence-corrected chi connectivity index (χ4v) is 3.85. The largest absolute Gasteiger partial charge is 0.487 e. The molecule has 0 saturated carbocycles. The summed E-state index contributed by atoms with van der Waals surface area (Å²) in [5.41, 5.74) is 0.929. The van der Waals surface area contributed by atoms with E-state index in [1.807, 2.05) is 18.2 Å². The summed E-state index contributed by atoms with van der Waals surface area (Å²) in [4.78, 5) is 12.7. The molecule has 1 fully saturated rings. The van der Waals surface area contributed by atoms with Crippen molar-refractivity contribution in [2.45, 2.75) is 31.3 Å². The second kappa shape index (κ2) is 6.15. The molecule has 7 nitrogen and oxygen atoms in total. The van der Waals surface area contributed by atoms with Crippen molar-refractivity contribution in [3.63, 3.8) is 0 Å². The van der Waals surface area contributed by atoms with Crippen molar-refractivity contribution in [2.24, 2.45) is 0 Å². The van der Waals surface area contributed by atoms with Gasteiger partial charge in [0.1, 0.15) is 11.4 Å². The number of benzene rings is 1. The summed E-state index contributed by atoms with van der Waals surface area (Å²) in [5, 5.41) is 15.6. The predicted octanol–water partition coefficient (Wildman–Crippen LogP) is 3.78. The molecule has 1 amide bonds. The molecule has 25 heavy (non-hydrogen) atoms. The van der Waals surface area contributed by atoms with Crippen LogP contribution < -0.4 is 15.0 Å². The topological polar surface area (TPSA) is 87.8 Å². The van der Waals surface area contributed by atoms with Crippen molar-refractivity contribution in [1.82, 2.24) is 5.16 Å². The van der Waals surface area contributed by atoms with Crippen LogP contribution in [0.3, 0.4) is 0 Å². The first-order valence-electron chi connectivity index (χ1n) is 8.23. The van der Waals surface area contributed by atoms with Gasteiger partial charge in [-0.05, 0) is 25.0 Å². The summed E-state index contributed by atoms with van der Waals surface area (Å²) < 4.78 is 11.3. The van der Waals surface area contributed by atoms with Gasteiger partial charge in [0.25, 0.3) is 0 Å². The third-order valence-electron chi connectivity index (χ3n) is 4.96. The summed E-state index contributed by atoms with van der Waals surface area (Å²) >= 11 is 6.26. The van der Waals surface area contributed by atoms with Gasteiger partial charge in [-0.2, -0.15) is 0 Å². The molecule has 1 aromatic heterocycles. The lowest BCUT2D eigenvalue weighted by Gasteiger charge is -2.44. The molecule has 132 valence electrons. The molecule has 0 atom stereocenters. The molecule has 2 aromatic rings. The van der Waals surface area contributed by atoms with Crippen molar-refractivity contribution >= 4 is 29.4 Å². The van der Waals surface area contributed by atoms with Crippen LogP contribution in [-0.2, 0) is 6.42 Å². The monoisotopic (exact) mass is 363 g/mol. The number of hydrogen-bond acceptors (Lipinski definition) is 5. The van der Waals surface area contributed by atoms with Crippen LogP contribution in [0.15, 0.2) is 28.8 Å². The molecule has 2 aliphatic heterocycles. The molecule has 2 aliphatic rings. The van der Waals surface area contributed by atoms with E-state index in [0.29, 0.717) is 5.82 Å². The molecule has 8 heteroatoms. The Kier molecular flexibility index (Phi) is 3.95. The molecular weight excluding hydrogens is 346 g/mol. The summed E-state index contributed by atoms with van der Waals surface area (Å²) in [6.07, 6.45) is 2.43. The molecule has 4 rings (SSSR count). The fraction of sp³-hybridized carbons (Fsp3) is 0.412. The number of hydrogen-bond donors (Lipinski definition) is 2. The van der Waals surface area contributed by atoms with E-state index in [9.17, 15) is 4.79 Å². The van der Waals surface area contributed by atoms with Crippen molar-refractivity contribution < 1.29 is 19.2 Å². The maximum absolute atomic E-state index is 10.6. The van der Waals surface area contributed by atoms with Crippen molar-refractivity contribution in [3.8, 4) is 5.75 Å². The Morgan fingerprint density at radius 3 is 2.88 bits per heavy atom. The van der Waals surface area contributed by atoms with Crippen LogP contribution in [0.4, 0.5) is 16.5 Å². The minimum absolute atomic E-state index is 0.125. The van der Waals surface area contributed by atoms with Gasteiger partial charge in [-0.3, -0.25) is 5.32 Å². The zero-order valence-corrected chi connectivity index (χ0v) is 14.3. The number of rotatable bonds is 2. The van der Waals surface area contributed by atoms with Gasteiger partial charge in [-0.15, -0.1) is 0 Å². The molecule has 0 aliphatic carbocycles. The van der Waals surface area contributed by atoms with Crippen LogP contribution in [-0.4, -0.2) is 35.0 Å². The van der Waals surface area contributed by atoms with Crippen molar-refractivity contribution in [1.29, 1.82) is 0 Å². The van der Waals surface area contributed by atoms with E-state index in [4.69, 9.17) is 26.0 Å². The highest BCUT2D eigenvalue weighted by Gasteiger charge is 2.40. The standard InChI is InChI=1S/C17H18ClN3O4/c18-12-2-1-3-13-11(12)4-5-17(24-13)6-8-21(9-7-17)14-10-15(25-20-14)19-16(22)23/h1-3,10,19H,4-9H2,(H,22,23). The fourth-order valence-electron chi connectivity index (χ4n) is 3.59. The molecule has 0 bridgehead atoms. The molecular formula is C17H18ClN3O4. The minimum Gasteiger partial charge on any atom is -0.487 e. The summed E-state index contributed by atoms with van der Waals surface area (Å²) in [5.74, 6) is 1.65. The quantitative estimate of drug-likeness (QED) is 0.844. The average Bonchev–Trinajstić information content (AvgIpc) is 3.03. The number of anilines is 2. The van der Waals surface area contributed by atoms with Gasteiger partial charge >= 0.3 is 6.09 Å². The highest BCUT2D eigenvalue weighted by Crippen LogP contribution is 2.42. The number of aromatic nitrogens is 1. The van der Waals surface area contributed by atoms with Crippen LogP contribution in [0.5, 0.6) is 5.75 Å². The van der Waals surface area contributed by atoms with Gasteiger partial charge in [0.15, 0.2) is 5.82 Å². The number of ether oxygens (including phenoxy) is 1. The Bertz CT molecular complexity index is 799. The molecule has 1 saturated heterocycles. The van der Waals surface area contributed by atoms with Crippen molar-refractivity contribution in [2.75, 3.05) is 23.3 Å². The Balaban J connectivity index is 1.43. The maximum Gasteiger partial charge on any atom is 0.411 e. The Morgan fingerprint density at radius 2 is 2.12 bits per heavy atom. The maximum atomic E-state index is 10.6. The summed E-state index contributed by atoms with van der Waals surface area (Å²) in [6.45, 7) is 1.55. The van der Waals surface area contributed by atoms with Crippen LogP contribution in [0.25, 0.3) is 0 Å². The van der Waals surface area contributed by atoms with Gasteiger partial charge < -0.3 is 19.3 Å². The third-order valence-corrected chi connectivity index (χ3v) is 5.31. The van der Waals surface area contributed by atoms with E-state index in [-0.39, 0.29) is 11.5 Å². The predicted molar refractivity (Wildman–Crippen MR) is 92.7 cm³/mol. The first-order valence-corrected chi connectivity index (χ1v) is 8.60. The Morgan fingerprint density at radius 1 is 1.32 bits per heavy atom. The van der Waals surface area contributed by atoms with Crippen LogP contribution in [0.1, 0.15) is 24.8 Å². The highest BCUT2D eigenvalue weighted by atomic mass is 35.5. The second-order valence-electron chi connectivity index (χ2n) is 6.47. The SMILES string of the molecule is O=C(O)Nc1cc(N2CCC3(CCc4c(Cl)cccc4O3)CC2)no1. The minimum atomic E-state index is -1.17. The zero-order valence-electron chi connectivity index (χ0n) is 13.5.